The first-order valence-electron chi connectivity index (χ1n) is 8.36. The van der Waals surface area contributed by atoms with Crippen molar-refractivity contribution < 1.29 is 9.53 Å². The highest BCUT2D eigenvalue weighted by atomic mass is 35.5. The van der Waals surface area contributed by atoms with Crippen molar-refractivity contribution in [1.29, 1.82) is 0 Å². The number of anilines is 2. The van der Waals surface area contributed by atoms with Gasteiger partial charge < -0.3 is 15.4 Å². The van der Waals surface area contributed by atoms with Gasteiger partial charge in [0.05, 0.1) is 17.3 Å². The Balaban J connectivity index is 1.47. The van der Waals surface area contributed by atoms with Gasteiger partial charge in [-0.05, 0) is 48.0 Å². The molecule has 0 radical (unpaired) electrons. The molecule has 0 fully saturated rings. The Hall–Kier alpha value is -2.69. The summed E-state index contributed by atoms with van der Waals surface area (Å²) in [5.41, 5.74) is 2.45. The molecule has 3 rings (SSSR count). The molecular weight excluding hydrogens is 383 g/mol. The molecule has 0 saturated carbocycles. The second-order valence-corrected chi connectivity index (χ2v) is 6.67. The third-order valence-electron chi connectivity index (χ3n) is 3.76. The van der Waals surface area contributed by atoms with Crippen molar-refractivity contribution in [3.05, 3.63) is 88.4 Å². The fraction of sp³-hybridized carbons (Fsp3) is 0.0952. The van der Waals surface area contributed by atoms with Gasteiger partial charge in [-0.2, -0.15) is 0 Å². The largest absolute Gasteiger partial charge is 0.489 e. The Bertz CT molecular complexity index is 900. The smallest absolute Gasteiger partial charge is 0.243 e. The number of nitrogens with one attached hydrogen (secondary N) is 2. The molecule has 3 aromatic rings. The van der Waals surface area contributed by atoms with Crippen LogP contribution in [0.3, 0.4) is 0 Å². The highest BCUT2D eigenvalue weighted by Gasteiger charge is 2.06. The SMILES string of the molecule is O=C(CNc1ccc(OCc2ccccc2)cc1)Nc1ccc(Cl)cc1Cl. The van der Waals surface area contributed by atoms with Crippen LogP contribution in [0.15, 0.2) is 72.8 Å². The predicted molar refractivity (Wildman–Crippen MR) is 111 cm³/mol. The topological polar surface area (TPSA) is 50.4 Å². The fourth-order valence-electron chi connectivity index (χ4n) is 2.38. The minimum atomic E-state index is -0.205. The molecule has 27 heavy (non-hydrogen) atoms. The van der Waals surface area contributed by atoms with Gasteiger partial charge in [-0.25, -0.2) is 0 Å². The Morgan fingerprint density at radius 2 is 1.67 bits per heavy atom. The van der Waals surface area contributed by atoms with Crippen LogP contribution in [0.5, 0.6) is 5.75 Å². The molecular formula is C21H18Cl2N2O2. The Labute approximate surface area is 168 Å². The second kappa shape index (κ2) is 9.31. The van der Waals surface area contributed by atoms with E-state index in [0.29, 0.717) is 22.3 Å². The monoisotopic (exact) mass is 400 g/mol. The summed E-state index contributed by atoms with van der Waals surface area (Å²) >= 11 is 11.9. The van der Waals surface area contributed by atoms with E-state index < -0.39 is 0 Å². The van der Waals surface area contributed by atoms with Crippen LogP contribution in [-0.4, -0.2) is 12.5 Å². The minimum Gasteiger partial charge on any atom is -0.489 e. The number of amides is 1. The number of hydrogen-bond acceptors (Lipinski definition) is 3. The average Bonchev–Trinajstić information content (AvgIpc) is 2.68. The zero-order valence-corrected chi connectivity index (χ0v) is 15.9. The van der Waals surface area contributed by atoms with E-state index in [0.717, 1.165) is 17.0 Å². The number of carbonyl (C=O) groups is 1. The van der Waals surface area contributed by atoms with E-state index in [1.54, 1.807) is 18.2 Å². The minimum absolute atomic E-state index is 0.114. The zero-order chi connectivity index (χ0) is 19.1. The number of halogens is 2. The molecule has 0 saturated heterocycles. The molecule has 6 heteroatoms. The van der Waals surface area contributed by atoms with Crippen LogP contribution in [-0.2, 0) is 11.4 Å². The first-order valence-corrected chi connectivity index (χ1v) is 9.11. The number of carbonyl (C=O) groups excluding carboxylic acids is 1. The van der Waals surface area contributed by atoms with Crippen molar-refractivity contribution >= 4 is 40.5 Å². The second-order valence-electron chi connectivity index (χ2n) is 5.82. The maximum atomic E-state index is 12.1. The summed E-state index contributed by atoms with van der Waals surface area (Å²) in [5, 5.41) is 6.72. The number of ether oxygens (including phenoxy) is 1. The average molecular weight is 401 g/mol. The van der Waals surface area contributed by atoms with E-state index in [1.807, 2.05) is 54.6 Å². The summed E-state index contributed by atoms with van der Waals surface area (Å²) in [6.45, 7) is 0.626. The molecule has 0 aliphatic carbocycles. The summed E-state index contributed by atoms with van der Waals surface area (Å²) in [6.07, 6.45) is 0. The molecule has 2 N–H and O–H groups in total. The molecule has 0 bridgehead atoms. The Kier molecular flexibility index (Phi) is 6.58. The van der Waals surface area contributed by atoms with Gasteiger partial charge in [0.25, 0.3) is 0 Å². The Morgan fingerprint density at radius 1 is 0.926 bits per heavy atom. The lowest BCUT2D eigenvalue weighted by atomic mass is 10.2. The molecule has 4 nitrogen and oxygen atoms in total. The van der Waals surface area contributed by atoms with Gasteiger partial charge in [0, 0.05) is 10.7 Å². The number of rotatable bonds is 7. The van der Waals surface area contributed by atoms with Crippen LogP contribution in [0.4, 0.5) is 11.4 Å². The van der Waals surface area contributed by atoms with Crippen molar-refractivity contribution in [2.45, 2.75) is 6.61 Å². The quantitative estimate of drug-likeness (QED) is 0.540. The summed E-state index contributed by atoms with van der Waals surface area (Å²) < 4.78 is 5.74. The predicted octanol–water partition coefficient (Wildman–Crippen LogP) is 5.62. The van der Waals surface area contributed by atoms with E-state index >= 15 is 0 Å². The van der Waals surface area contributed by atoms with E-state index in [2.05, 4.69) is 10.6 Å². The van der Waals surface area contributed by atoms with E-state index in [9.17, 15) is 4.79 Å². The first kappa shape index (κ1) is 19.1. The molecule has 0 aromatic heterocycles. The van der Waals surface area contributed by atoms with Gasteiger partial charge in [0.1, 0.15) is 12.4 Å². The van der Waals surface area contributed by atoms with E-state index in [1.165, 1.54) is 0 Å². The van der Waals surface area contributed by atoms with Crippen LogP contribution >= 0.6 is 23.2 Å². The third-order valence-corrected chi connectivity index (χ3v) is 4.31. The highest BCUT2D eigenvalue weighted by Crippen LogP contribution is 2.25. The van der Waals surface area contributed by atoms with Crippen molar-refractivity contribution in [2.75, 3.05) is 17.2 Å². The number of hydrogen-bond donors (Lipinski definition) is 2. The van der Waals surface area contributed by atoms with Gasteiger partial charge >= 0.3 is 0 Å². The van der Waals surface area contributed by atoms with Gasteiger partial charge in [0.15, 0.2) is 0 Å². The molecule has 0 spiro atoms. The lowest BCUT2D eigenvalue weighted by Gasteiger charge is -2.10. The van der Waals surface area contributed by atoms with Crippen molar-refractivity contribution in [3.8, 4) is 5.75 Å². The normalized spacial score (nSPS) is 10.3. The molecule has 0 aliphatic rings. The summed E-state index contributed by atoms with van der Waals surface area (Å²) in [7, 11) is 0. The molecule has 0 aliphatic heterocycles. The van der Waals surface area contributed by atoms with Gasteiger partial charge in [0.2, 0.25) is 5.91 Å². The van der Waals surface area contributed by atoms with Crippen molar-refractivity contribution in [3.63, 3.8) is 0 Å². The molecule has 0 heterocycles. The maximum absolute atomic E-state index is 12.1. The molecule has 3 aromatic carbocycles. The number of benzene rings is 3. The van der Waals surface area contributed by atoms with Crippen molar-refractivity contribution in [1.82, 2.24) is 0 Å². The lowest BCUT2D eigenvalue weighted by molar-refractivity contribution is -0.114. The van der Waals surface area contributed by atoms with Gasteiger partial charge in [-0.15, -0.1) is 0 Å². The Morgan fingerprint density at radius 3 is 2.37 bits per heavy atom. The molecule has 1 amide bonds. The van der Waals surface area contributed by atoms with Gasteiger partial charge in [-0.3, -0.25) is 4.79 Å². The summed E-state index contributed by atoms with van der Waals surface area (Å²) in [5.74, 6) is 0.561. The van der Waals surface area contributed by atoms with Crippen LogP contribution < -0.4 is 15.4 Å². The molecule has 138 valence electrons. The third kappa shape index (κ3) is 5.91. The lowest BCUT2D eigenvalue weighted by Crippen LogP contribution is -2.21. The summed E-state index contributed by atoms with van der Waals surface area (Å²) in [6, 6.07) is 22.3. The first-order chi connectivity index (χ1) is 13.1. The summed E-state index contributed by atoms with van der Waals surface area (Å²) in [4.78, 5) is 12.1. The highest BCUT2D eigenvalue weighted by molar-refractivity contribution is 6.36. The molecule has 0 atom stereocenters. The van der Waals surface area contributed by atoms with E-state index in [4.69, 9.17) is 27.9 Å². The van der Waals surface area contributed by atoms with Crippen LogP contribution in [0.25, 0.3) is 0 Å². The van der Waals surface area contributed by atoms with Gasteiger partial charge in [-0.1, -0.05) is 53.5 Å². The fourth-order valence-corrected chi connectivity index (χ4v) is 2.83. The maximum Gasteiger partial charge on any atom is 0.243 e. The van der Waals surface area contributed by atoms with Crippen LogP contribution in [0.1, 0.15) is 5.56 Å². The van der Waals surface area contributed by atoms with Crippen molar-refractivity contribution in [2.24, 2.45) is 0 Å². The molecule has 0 unspecified atom stereocenters. The standard InChI is InChI=1S/C21H18Cl2N2O2/c22-16-6-11-20(19(23)12-16)25-21(26)13-24-17-7-9-18(10-8-17)27-14-15-4-2-1-3-5-15/h1-12,24H,13-14H2,(H,25,26). The van der Waals surface area contributed by atoms with Crippen LogP contribution in [0, 0.1) is 0 Å². The zero-order valence-electron chi connectivity index (χ0n) is 14.4. The van der Waals surface area contributed by atoms with Crippen LogP contribution in [0.2, 0.25) is 10.0 Å². The van der Waals surface area contributed by atoms with E-state index in [-0.39, 0.29) is 12.5 Å².